The minimum absolute atomic E-state index is 0.129. The fourth-order valence-corrected chi connectivity index (χ4v) is 4.55. The Labute approximate surface area is 225 Å². The van der Waals surface area contributed by atoms with Gasteiger partial charge in [0, 0.05) is 11.5 Å². The second-order valence-corrected chi connectivity index (χ2v) is 9.11. The van der Waals surface area contributed by atoms with Crippen molar-refractivity contribution in [2.75, 3.05) is 18.5 Å². The van der Waals surface area contributed by atoms with Gasteiger partial charge in [-0.15, -0.1) is 6.42 Å². The maximum Gasteiger partial charge on any atom is 0.325 e. The Morgan fingerprint density at radius 3 is 2.50 bits per heavy atom. The number of ether oxygens (including phenoxy) is 1. The molecule has 0 bridgehead atoms. The van der Waals surface area contributed by atoms with Crippen LogP contribution in [0.2, 0.25) is 5.02 Å². The summed E-state index contributed by atoms with van der Waals surface area (Å²) < 4.78 is 5.37. The van der Waals surface area contributed by atoms with E-state index in [4.69, 9.17) is 27.9 Å². The lowest BCUT2D eigenvalue weighted by atomic mass is 9.91. The van der Waals surface area contributed by atoms with Crippen molar-refractivity contribution in [2.24, 2.45) is 0 Å². The van der Waals surface area contributed by atoms with E-state index in [1.807, 2.05) is 30.3 Å². The third-order valence-corrected chi connectivity index (χ3v) is 6.60. The van der Waals surface area contributed by atoms with E-state index in [2.05, 4.69) is 16.6 Å². The van der Waals surface area contributed by atoms with Crippen LogP contribution in [0.4, 0.5) is 10.5 Å². The van der Waals surface area contributed by atoms with E-state index in [1.54, 1.807) is 49.4 Å². The molecule has 1 fully saturated rings. The molecule has 4 amide bonds. The van der Waals surface area contributed by atoms with Gasteiger partial charge in [-0.1, -0.05) is 66.9 Å². The molecule has 4 rings (SSSR count). The molecule has 3 N–H and O–H groups in total. The van der Waals surface area contributed by atoms with Crippen LogP contribution in [-0.4, -0.2) is 47.1 Å². The number of anilines is 1. The highest BCUT2D eigenvalue weighted by Crippen LogP contribution is 2.32. The lowest BCUT2D eigenvalue weighted by Crippen LogP contribution is -2.50. The lowest BCUT2D eigenvalue weighted by molar-refractivity contribution is -0.134. The first-order valence-corrected chi connectivity index (χ1v) is 12.3. The topological polar surface area (TPSA) is 108 Å². The number of aliphatic hydroxyl groups excluding tert-OH is 1. The van der Waals surface area contributed by atoms with Crippen molar-refractivity contribution >= 4 is 35.1 Å². The van der Waals surface area contributed by atoms with Gasteiger partial charge in [-0.05, 0) is 41.5 Å². The number of rotatable bonds is 9. The fraction of sp³-hybridized carbons (Fsp3) is 0.207. The maximum atomic E-state index is 13.7. The molecule has 38 heavy (non-hydrogen) atoms. The molecule has 1 heterocycles. The van der Waals surface area contributed by atoms with Crippen LogP contribution in [0.5, 0.6) is 5.75 Å². The van der Waals surface area contributed by atoms with Gasteiger partial charge < -0.3 is 20.5 Å². The first kappa shape index (κ1) is 26.7. The smallest absolute Gasteiger partial charge is 0.325 e. The van der Waals surface area contributed by atoms with Crippen molar-refractivity contribution in [3.05, 3.63) is 94.5 Å². The third-order valence-electron chi connectivity index (χ3n) is 6.28. The summed E-state index contributed by atoms with van der Waals surface area (Å²) in [5.74, 6) is 1.32. The minimum atomic E-state index is -1.18. The van der Waals surface area contributed by atoms with E-state index < -0.39 is 35.8 Å². The fourth-order valence-electron chi connectivity index (χ4n) is 4.32. The zero-order chi connectivity index (χ0) is 27.2. The average Bonchev–Trinajstić information content (AvgIpc) is 3.22. The molecule has 0 aromatic heterocycles. The second kappa shape index (κ2) is 11.8. The summed E-state index contributed by atoms with van der Waals surface area (Å²) in [6.07, 6.45) is 5.42. The number of amides is 4. The zero-order valence-corrected chi connectivity index (χ0v) is 21.3. The lowest BCUT2D eigenvalue weighted by Gasteiger charge is -2.30. The Morgan fingerprint density at radius 2 is 1.87 bits per heavy atom. The second-order valence-electron chi connectivity index (χ2n) is 8.70. The highest BCUT2D eigenvalue weighted by molar-refractivity contribution is 6.34. The molecule has 1 unspecified atom stereocenters. The quantitative estimate of drug-likeness (QED) is 0.285. The maximum absolute atomic E-state index is 13.7. The van der Waals surface area contributed by atoms with E-state index >= 15 is 0 Å². The van der Waals surface area contributed by atoms with Gasteiger partial charge in [-0.3, -0.25) is 9.59 Å². The van der Waals surface area contributed by atoms with Gasteiger partial charge in [0.25, 0.3) is 5.91 Å². The molecule has 0 aliphatic carbocycles. The highest BCUT2D eigenvalue weighted by atomic mass is 35.5. The van der Waals surface area contributed by atoms with Crippen molar-refractivity contribution in [1.29, 1.82) is 0 Å². The number of terminal acetylenes is 1. The molecule has 194 valence electrons. The molecular weight excluding hydrogens is 506 g/mol. The number of nitrogens with zero attached hydrogens (tertiary/aromatic N) is 1. The van der Waals surface area contributed by atoms with Gasteiger partial charge in [0.2, 0.25) is 5.91 Å². The summed E-state index contributed by atoms with van der Waals surface area (Å²) in [6.45, 7) is 1.79. The molecule has 1 aliphatic heterocycles. The van der Waals surface area contributed by atoms with Crippen LogP contribution in [0, 0.1) is 12.3 Å². The molecule has 0 spiro atoms. The largest absolute Gasteiger partial charge is 0.491 e. The predicted octanol–water partition coefficient (Wildman–Crippen LogP) is 4.10. The average molecular weight is 532 g/mol. The standard InChI is InChI=1S/C29H26ClN3O5/c1-3-19-9-14-24(23(30)17-19)31-27(35)26(18(2)20-7-5-4-6-8-20)33-28(36)25(32-29(33)37)21-10-12-22(13-11-21)38-16-15-34/h1,4-14,17-18,25-26,34H,15-16H2,2H3,(H,31,35)(H,32,37)/t18-,25?,26-/m0/s1. The summed E-state index contributed by atoms with van der Waals surface area (Å²) in [4.78, 5) is 41.4. The predicted molar refractivity (Wildman–Crippen MR) is 144 cm³/mol. The summed E-state index contributed by atoms with van der Waals surface area (Å²) in [6, 6.07) is 17.7. The van der Waals surface area contributed by atoms with Crippen LogP contribution >= 0.6 is 11.6 Å². The Kier molecular flexibility index (Phi) is 8.31. The van der Waals surface area contributed by atoms with Gasteiger partial charge in [-0.2, -0.15) is 0 Å². The summed E-state index contributed by atoms with van der Waals surface area (Å²) in [7, 11) is 0. The van der Waals surface area contributed by atoms with Crippen LogP contribution < -0.4 is 15.4 Å². The zero-order valence-electron chi connectivity index (χ0n) is 20.6. The van der Waals surface area contributed by atoms with Gasteiger partial charge in [0.15, 0.2) is 0 Å². The van der Waals surface area contributed by atoms with E-state index in [-0.39, 0.29) is 18.2 Å². The normalized spacial score (nSPS) is 16.4. The van der Waals surface area contributed by atoms with Crippen LogP contribution in [0.3, 0.4) is 0 Å². The van der Waals surface area contributed by atoms with E-state index in [9.17, 15) is 14.4 Å². The molecule has 8 nitrogen and oxygen atoms in total. The molecule has 0 radical (unpaired) electrons. The van der Waals surface area contributed by atoms with Crippen molar-refractivity contribution in [3.8, 4) is 18.1 Å². The van der Waals surface area contributed by atoms with Crippen LogP contribution in [0.15, 0.2) is 72.8 Å². The Balaban J connectivity index is 1.64. The number of nitrogens with one attached hydrogen (secondary N) is 2. The van der Waals surface area contributed by atoms with E-state index in [0.717, 1.165) is 10.5 Å². The summed E-state index contributed by atoms with van der Waals surface area (Å²) >= 11 is 6.32. The van der Waals surface area contributed by atoms with Crippen molar-refractivity contribution in [1.82, 2.24) is 10.2 Å². The Bertz CT molecular complexity index is 1370. The number of halogens is 1. The molecule has 9 heteroatoms. The highest BCUT2D eigenvalue weighted by Gasteiger charge is 2.47. The molecule has 1 aliphatic rings. The van der Waals surface area contributed by atoms with Crippen LogP contribution in [0.1, 0.15) is 35.6 Å². The molecule has 3 atom stereocenters. The Morgan fingerprint density at radius 1 is 1.16 bits per heavy atom. The summed E-state index contributed by atoms with van der Waals surface area (Å²) in [5.41, 5.74) is 2.16. The first-order valence-electron chi connectivity index (χ1n) is 11.9. The van der Waals surface area contributed by atoms with Crippen molar-refractivity contribution in [3.63, 3.8) is 0 Å². The first-order chi connectivity index (χ1) is 18.3. The number of hydrogen-bond donors (Lipinski definition) is 3. The number of carbonyl (C=O) groups is 3. The molecule has 0 saturated carbocycles. The number of benzene rings is 3. The molecule has 1 saturated heterocycles. The van der Waals surface area contributed by atoms with Crippen molar-refractivity contribution < 1.29 is 24.2 Å². The minimum Gasteiger partial charge on any atom is -0.491 e. The van der Waals surface area contributed by atoms with Gasteiger partial charge in [-0.25, -0.2) is 9.69 Å². The third kappa shape index (κ3) is 5.65. The van der Waals surface area contributed by atoms with Gasteiger partial charge in [0.05, 0.1) is 17.3 Å². The molecule has 3 aromatic rings. The van der Waals surface area contributed by atoms with Gasteiger partial charge in [0.1, 0.15) is 24.4 Å². The van der Waals surface area contributed by atoms with Crippen LogP contribution in [-0.2, 0) is 9.59 Å². The number of urea groups is 1. The van der Waals surface area contributed by atoms with Crippen LogP contribution in [0.25, 0.3) is 0 Å². The van der Waals surface area contributed by atoms with E-state index in [1.165, 1.54) is 0 Å². The van der Waals surface area contributed by atoms with Crippen molar-refractivity contribution in [2.45, 2.75) is 24.9 Å². The SMILES string of the molecule is C#Cc1ccc(NC(=O)[C@H]([C@@H](C)c2ccccc2)N2C(=O)NC(c3ccc(OCCO)cc3)C2=O)c(Cl)c1. The Hall–Kier alpha value is -4.32. The summed E-state index contributed by atoms with van der Waals surface area (Å²) in [5, 5.41) is 14.6. The number of imide groups is 1. The van der Waals surface area contributed by atoms with Gasteiger partial charge >= 0.3 is 6.03 Å². The molecular formula is C29H26ClN3O5. The number of hydrogen-bond acceptors (Lipinski definition) is 5. The monoisotopic (exact) mass is 531 g/mol. The molecule has 3 aromatic carbocycles. The number of aliphatic hydroxyl groups is 1. The van der Waals surface area contributed by atoms with E-state index in [0.29, 0.717) is 22.6 Å². The number of carbonyl (C=O) groups excluding carboxylic acids is 3.